The quantitative estimate of drug-likeness (QED) is 0.412. The summed E-state index contributed by atoms with van der Waals surface area (Å²) in [7, 11) is 0. The van der Waals surface area contributed by atoms with Gasteiger partial charge in [0.15, 0.2) is 0 Å². The van der Waals surface area contributed by atoms with Gasteiger partial charge in [-0.2, -0.15) is 0 Å². The molecular formula is C10H16N2O8. The van der Waals surface area contributed by atoms with E-state index in [1.807, 2.05) is 0 Å². The lowest BCUT2D eigenvalue weighted by atomic mass is 10.2. The van der Waals surface area contributed by atoms with Crippen molar-refractivity contribution in [2.75, 3.05) is 13.2 Å². The van der Waals surface area contributed by atoms with Crippen molar-refractivity contribution in [3.8, 4) is 0 Å². The van der Waals surface area contributed by atoms with Crippen LogP contribution in [0.25, 0.3) is 0 Å². The Morgan fingerprint density at radius 1 is 1.25 bits per heavy atom. The molecule has 10 nitrogen and oxygen atoms in total. The summed E-state index contributed by atoms with van der Waals surface area (Å²) in [5.41, 5.74) is 10.1. The van der Waals surface area contributed by atoms with Gasteiger partial charge in [-0.3, -0.25) is 19.2 Å². The third-order valence-corrected chi connectivity index (χ3v) is 1.99. The molecule has 1 saturated heterocycles. The van der Waals surface area contributed by atoms with Crippen LogP contribution in [0.15, 0.2) is 0 Å². The Bertz CT molecular complexity index is 383. The SMILES string of the molecule is NC(CC(=O)O)C(=O)O.NC1CC(=O)OCCOC1=O. The number of carbonyl (C=O) groups is 4. The Hall–Kier alpha value is -2.20. The first-order valence-corrected chi connectivity index (χ1v) is 5.52. The Labute approximate surface area is 113 Å². The van der Waals surface area contributed by atoms with Gasteiger partial charge in [-0.1, -0.05) is 0 Å². The zero-order valence-electron chi connectivity index (χ0n) is 10.5. The smallest absolute Gasteiger partial charge is 0.323 e. The van der Waals surface area contributed by atoms with Crippen LogP contribution < -0.4 is 11.5 Å². The molecule has 0 aromatic rings. The van der Waals surface area contributed by atoms with Crippen molar-refractivity contribution in [2.45, 2.75) is 24.9 Å². The molecule has 1 aliphatic heterocycles. The van der Waals surface area contributed by atoms with Crippen molar-refractivity contribution < 1.29 is 38.9 Å². The third kappa shape index (κ3) is 8.00. The molecule has 2 unspecified atom stereocenters. The fraction of sp³-hybridized carbons (Fsp3) is 0.600. The second kappa shape index (κ2) is 8.82. The Kier molecular flexibility index (Phi) is 7.85. The van der Waals surface area contributed by atoms with Crippen molar-refractivity contribution in [1.82, 2.24) is 0 Å². The normalized spacial score (nSPS) is 20.2. The number of nitrogens with two attached hydrogens (primary N) is 2. The molecule has 0 spiro atoms. The van der Waals surface area contributed by atoms with E-state index in [0.717, 1.165) is 0 Å². The number of hydrogen-bond donors (Lipinski definition) is 4. The molecule has 0 aliphatic carbocycles. The molecule has 0 amide bonds. The van der Waals surface area contributed by atoms with Crippen molar-refractivity contribution in [2.24, 2.45) is 11.5 Å². The minimum Gasteiger partial charge on any atom is -0.481 e. The van der Waals surface area contributed by atoms with Gasteiger partial charge in [0, 0.05) is 0 Å². The van der Waals surface area contributed by atoms with Gasteiger partial charge in [-0.15, -0.1) is 0 Å². The highest BCUT2D eigenvalue weighted by molar-refractivity contribution is 5.83. The van der Waals surface area contributed by atoms with Gasteiger partial charge in [0.25, 0.3) is 0 Å². The van der Waals surface area contributed by atoms with Crippen molar-refractivity contribution in [3.63, 3.8) is 0 Å². The van der Waals surface area contributed by atoms with Crippen LogP contribution in [-0.4, -0.2) is 59.4 Å². The minimum absolute atomic E-state index is 0.0955. The first-order chi connectivity index (χ1) is 9.23. The van der Waals surface area contributed by atoms with Gasteiger partial charge in [-0.25, -0.2) is 0 Å². The molecule has 10 heteroatoms. The summed E-state index contributed by atoms with van der Waals surface area (Å²) >= 11 is 0. The average Bonchev–Trinajstić information content (AvgIpc) is 2.32. The van der Waals surface area contributed by atoms with E-state index in [9.17, 15) is 19.2 Å². The molecule has 114 valence electrons. The highest BCUT2D eigenvalue weighted by Crippen LogP contribution is 1.98. The summed E-state index contributed by atoms with van der Waals surface area (Å²) in [6.45, 7) is 0.218. The first kappa shape index (κ1) is 17.8. The largest absolute Gasteiger partial charge is 0.481 e. The number of rotatable bonds is 3. The highest BCUT2D eigenvalue weighted by atomic mass is 16.6. The molecule has 0 saturated carbocycles. The maximum Gasteiger partial charge on any atom is 0.323 e. The van der Waals surface area contributed by atoms with Crippen molar-refractivity contribution in [1.29, 1.82) is 0 Å². The number of aliphatic carboxylic acids is 2. The Morgan fingerprint density at radius 2 is 1.80 bits per heavy atom. The predicted molar refractivity (Wildman–Crippen MR) is 62.4 cm³/mol. The molecule has 20 heavy (non-hydrogen) atoms. The van der Waals surface area contributed by atoms with Gasteiger partial charge in [0.1, 0.15) is 25.3 Å². The number of carboxylic acids is 2. The lowest BCUT2D eigenvalue weighted by Gasteiger charge is -2.14. The summed E-state index contributed by atoms with van der Waals surface area (Å²) in [5.74, 6) is -3.49. The van der Waals surface area contributed by atoms with E-state index >= 15 is 0 Å². The third-order valence-electron chi connectivity index (χ3n) is 1.99. The fourth-order valence-corrected chi connectivity index (χ4v) is 1.00. The van der Waals surface area contributed by atoms with Crippen LogP contribution in [0.4, 0.5) is 0 Å². The molecule has 1 fully saturated rings. The van der Waals surface area contributed by atoms with E-state index < -0.39 is 42.4 Å². The lowest BCUT2D eigenvalue weighted by Crippen LogP contribution is -2.37. The van der Waals surface area contributed by atoms with Gasteiger partial charge < -0.3 is 31.2 Å². The predicted octanol–water partition coefficient (Wildman–Crippen LogP) is -2.32. The van der Waals surface area contributed by atoms with Gasteiger partial charge in [0.05, 0.1) is 12.8 Å². The second-order valence-corrected chi connectivity index (χ2v) is 3.74. The topological polar surface area (TPSA) is 179 Å². The zero-order chi connectivity index (χ0) is 15.7. The van der Waals surface area contributed by atoms with Crippen molar-refractivity contribution in [3.05, 3.63) is 0 Å². The minimum atomic E-state index is -1.29. The van der Waals surface area contributed by atoms with Crippen LogP contribution in [0.3, 0.4) is 0 Å². The summed E-state index contributed by atoms with van der Waals surface area (Å²) in [6.07, 6.45) is -0.631. The van der Waals surface area contributed by atoms with Crippen LogP contribution in [0.5, 0.6) is 0 Å². The van der Waals surface area contributed by atoms with Gasteiger partial charge in [-0.05, 0) is 0 Å². The van der Waals surface area contributed by atoms with Crippen LogP contribution >= 0.6 is 0 Å². The number of carboxylic acid groups (broad SMARTS) is 2. The molecular weight excluding hydrogens is 276 g/mol. The van der Waals surface area contributed by atoms with Gasteiger partial charge >= 0.3 is 23.9 Å². The summed E-state index contributed by atoms with van der Waals surface area (Å²) in [6, 6.07) is -2.16. The summed E-state index contributed by atoms with van der Waals surface area (Å²) in [4.78, 5) is 41.1. The number of hydrogen-bond acceptors (Lipinski definition) is 8. The van der Waals surface area contributed by atoms with Crippen LogP contribution in [0.2, 0.25) is 0 Å². The highest BCUT2D eigenvalue weighted by Gasteiger charge is 2.22. The summed E-state index contributed by atoms with van der Waals surface area (Å²) in [5, 5.41) is 16.0. The molecule has 1 aliphatic rings. The van der Waals surface area contributed by atoms with E-state index in [-0.39, 0.29) is 19.6 Å². The van der Waals surface area contributed by atoms with E-state index in [1.54, 1.807) is 0 Å². The van der Waals surface area contributed by atoms with Crippen molar-refractivity contribution >= 4 is 23.9 Å². The number of cyclic esters (lactones) is 2. The number of carbonyl (C=O) groups excluding carboxylic acids is 2. The van der Waals surface area contributed by atoms with Crippen LogP contribution in [0.1, 0.15) is 12.8 Å². The Balaban J connectivity index is 0.000000370. The van der Waals surface area contributed by atoms with Crippen LogP contribution in [-0.2, 0) is 28.7 Å². The number of ether oxygens (including phenoxy) is 2. The second-order valence-electron chi connectivity index (χ2n) is 3.74. The maximum atomic E-state index is 10.8. The van der Waals surface area contributed by atoms with Crippen LogP contribution in [0, 0.1) is 0 Å². The maximum absolute atomic E-state index is 10.8. The van der Waals surface area contributed by atoms with E-state index in [4.69, 9.17) is 21.7 Å². The first-order valence-electron chi connectivity index (χ1n) is 5.52. The fourth-order valence-electron chi connectivity index (χ4n) is 1.00. The molecule has 2 atom stereocenters. The monoisotopic (exact) mass is 292 g/mol. The van der Waals surface area contributed by atoms with E-state index in [2.05, 4.69) is 9.47 Å². The lowest BCUT2D eigenvalue weighted by molar-refractivity contribution is -0.159. The molecule has 0 aromatic carbocycles. The molecule has 0 bridgehead atoms. The molecule has 6 N–H and O–H groups in total. The van der Waals surface area contributed by atoms with E-state index in [1.165, 1.54) is 0 Å². The van der Waals surface area contributed by atoms with E-state index in [0.29, 0.717) is 0 Å². The number of esters is 2. The molecule has 1 rings (SSSR count). The van der Waals surface area contributed by atoms with Gasteiger partial charge in [0.2, 0.25) is 0 Å². The molecule has 1 heterocycles. The zero-order valence-corrected chi connectivity index (χ0v) is 10.5. The standard InChI is InChI=1S/C6H9NO4.C4H7NO4/c7-4-3-5(8)10-1-2-11-6(4)9;5-2(4(8)9)1-3(6)7/h4H,1-3,7H2;2H,1,5H2,(H,6,7)(H,8,9). The Morgan fingerprint density at radius 3 is 2.25 bits per heavy atom. The average molecular weight is 292 g/mol. The molecule has 0 radical (unpaired) electrons. The summed E-state index contributed by atoms with van der Waals surface area (Å²) < 4.78 is 9.21. The molecule has 0 aromatic heterocycles.